The molecule has 0 aliphatic rings. The summed E-state index contributed by atoms with van der Waals surface area (Å²) in [6, 6.07) is 5.43. The van der Waals surface area contributed by atoms with Gasteiger partial charge in [-0.2, -0.15) is 0 Å². The molecule has 1 unspecified atom stereocenters. The second-order valence-corrected chi connectivity index (χ2v) is 5.93. The first-order valence-electron chi connectivity index (χ1n) is 5.14. The topological polar surface area (TPSA) is 56.5 Å². The highest BCUT2D eigenvalue weighted by atomic mass is 79.9. The number of ether oxygens (including phenoxy) is 1. The quantitative estimate of drug-likeness (QED) is 0.812. The van der Waals surface area contributed by atoms with Crippen molar-refractivity contribution in [1.29, 1.82) is 0 Å². The maximum atomic E-state index is 11.8. The minimum Gasteiger partial charge on any atom is -0.469 e. The largest absolute Gasteiger partial charge is 0.469 e. The Balaban J connectivity index is 2.62. The lowest BCUT2D eigenvalue weighted by Gasteiger charge is -1.98. The first-order chi connectivity index (χ1) is 8.52. The van der Waals surface area contributed by atoms with E-state index >= 15 is 0 Å². The van der Waals surface area contributed by atoms with Gasteiger partial charge in [0.2, 0.25) is 0 Å². The third-order valence-electron chi connectivity index (χ3n) is 2.49. The fourth-order valence-corrected chi connectivity index (χ4v) is 3.00. The van der Waals surface area contributed by atoms with Crippen molar-refractivity contribution in [2.24, 2.45) is 0 Å². The van der Waals surface area contributed by atoms with Crippen LogP contribution in [0.15, 0.2) is 32.0 Å². The standard InChI is InChI=1S/C12H11BrO4S/c1-16-11(14)6-10-12(18(2)15)8-5-7(13)3-4-9(8)17-10/h3-5H,6H2,1-2H3. The summed E-state index contributed by atoms with van der Waals surface area (Å²) in [7, 11) is 0.0767. The molecule has 1 atom stereocenters. The van der Waals surface area contributed by atoms with Crippen molar-refractivity contribution in [1.82, 2.24) is 0 Å². The Morgan fingerprint density at radius 3 is 2.83 bits per heavy atom. The molecule has 2 rings (SSSR count). The van der Waals surface area contributed by atoms with Crippen molar-refractivity contribution in [2.75, 3.05) is 13.4 Å². The highest BCUT2D eigenvalue weighted by Gasteiger charge is 2.20. The van der Waals surface area contributed by atoms with Crippen LogP contribution < -0.4 is 0 Å². The second kappa shape index (κ2) is 5.24. The van der Waals surface area contributed by atoms with E-state index in [0.29, 0.717) is 16.2 Å². The van der Waals surface area contributed by atoms with Gasteiger partial charge in [-0.05, 0) is 18.2 Å². The first kappa shape index (κ1) is 13.3. The van der Waals surface area contributed by atoms with Gasteiger partial charge in [0, 0.05) is 16.1 Å². The Morgan fingerprint density at radius 2 is 2.22 bits per heavy atom. The van der Waals surface area contributed by atoms with Gasteiger partial charge in [-0.25, -0.2) is 0 Å². The number of fused-ring (bicyclic) bond motifs is 1. The molecule has 2 aromatic rings. The zero-order valence-corrected chi connectivity index (χ0v) is 12.3. The maximum Gasteiger partial charge on any atom is 0.313 e. The van der Waals surface area contributed by atoms with Crippen LogP contribution in [0.25, 0.3) is 11.0 Å². The highest BCUT2D eigenvalue weighted by molar-refractivity contribution is 9.10. The second-order valence-electron chi connectivity index (χ2n) is 3.70. The Labute approximate surface area is 115 Å². The molecule has 0 amide bonds. The van der Waals surface area contributed by atoms with E-state index in [-0.39, 0.29) is 6.42 Å². The Morgan fingerprint density at radius 1 is 1.50 bits per heavy atom. The predicted octanol–water partition coefficient (Wildman–Crippen LogP) is 2.65. The predicted molar refractivity (Wildman–Crippen MR) is 72.0 cm³/mol. The Bertz CT molecular complexity index is 632. The van der Waals surface area contributed by atoms with E-state index in [0.717, 1.165) is 9.86 Å². The van der Waals surface area contributed by atoms with Crippen molar-refractivity contribution in [3.63, 3.8) is 0 Å². The van der Waals surface area contributed by atoms with Crippen LogP contribution in [0.2, 0.25) is 0 Å². The zero-order chi connectivity index (χ0) is 13.3. The van der Waals surface area contributed by atoms with Crippen molar-refractivity contribution in [3.05, 3.63) is 28.4 Å². The molecule has 4 nitrogen and oxygen atoms in total. The van der Waals surface area contributed by atoms with Crippen LogP contribution in [0, 0.1) is 0 Å². The maximum absolute atomic E-state index is 11.8. The minimum absolute atomic E-state index is 0.0162. The van der Waals surface area contributed by atoms with E-state index in [9.17, 15) is 9.00 Å². The average Bonchev–Trinajstić information content (AvgIpc) is 2.65. The van der Waals surface area contributed by atoms with Crippen LogP contribution in [-0.2, 0) is 26.8 Å². The number of hydrogen-bond acceptors (Lipinski definition) is 4. The van der Waals surface area contributed by atoms with Gasteiger partial charge in [-0.1, -0.05) is 15.9 Å². The number of rotatable bonds is 3. The third kappa shape index (κ3) is 2.49. The molecule has 0 radical (unpaired) electrons. The van der Waals surface area contributed by atoms with E-state index in [1.54, 1.807) is 12.3 Å². The molecular formula is C12H11BrO4S. The van der Waals surface area contributed by atoms with Crippen LogP contribution in [0.1, 0.15) is 5.76 Å². The monoisotopic (exact) mass is 330 g/mol. The molecule has 0 aliphatic carbocycles. The number of esters is 1. The molecule has 0 saturated carbocycles. The van der Waals surface area contributed by atoms with E-state index in [2.05, 4.69) is 20.7 Å². The van der Waals surface area contributed by atoms with Gasteiger partial charge in [0.15, 0.2) is 0 Å². The number of carbonyl (C=O) groups excluding carboxylic acids is 1. The summed E-state index contributed by atoms with van der Waals surface area (Å²) in [5, 5.41) is 0.754. The van der Waals surface area contributed by atoms with Crippen LogP contribution in [0.4, 0.5) is 0 Å². The number of halogens is 1. The van der Waals surface area contributed by atoms with Gasteiger partial charge in [0.05, 0.1) is 22.8 Å². The van der Waals surface area contributed by atoms with Gasteiger partial charge in [0.1, 0.15) is 17.8 Å². The molecule has 0 fully saturated rings. The molecule has 0 spiro atoms. The summed E-state index contributed by atoms with van der Waals surface area (Å²) >= 11 is 3.36. The SMILES string of the molecule is COC(=O)Cc1oc2ccc(Br)cc2c1S(C)=O. The molecule has 96 valence electrons. The number of benzene rings is 1. The van der Waals surface area contributed by atoms with E-state index in [1.807, 2.05) is 12.1 Å². The van der Waals surface area contributed by atoms with Crippen LogP contribution in [0.5, 0.6) is 0 Å². The van der Waals surface area contributed by atoms with Gasteiger partial charge in [0.25, 0.3) is 0 Å². The number of hydrogen-bond donors (Lipinski definition) is 0. The first-order valence-corrected chi connectivity index (χ1v) is 7.49. The molecule has 6 heteroatoms. The molecule has 1 aromatic carbocycles. The molecule has 0 bridgehead atoms. The highest BCUT2D eigenvalue weighted by Crippen LogP contribution is 2.31. The fourth-order valence-electron chi connectivity index (χ4n) is 1.73. The lowest BCUT2D eigenvalue weighted by Crippen LogP contribution is -2.05. The summed E-state index contributed by atoms with van der Waals surface area (Å²) in [5.74, 6) is -0.0180. The summed E-state index contributed by atoms with van der Waals surface area (Å²) in [4.78, 5) is 11.9. The normalized spacial score (nSPS) is 12.6. The molecule has 1 heterocycles. The number of furan rings is 1. The van der Waals surface area contributed by atoms with Crippen molar-refractivity contribution < 1.29 is 18.2 Å². The zero-order valence-electron chi connectivity index (χ0n) is 9.86. The van der Waals surface area contributed by atoms with E-state index < -0.39 is 16.8 Å². The van der Waals surface area contributed by atoms with Crippen LogP contribution >= 0.6 is 15.9 Å². The molecule has 18 heavy (non-hydrogen) atoms. The van der Waals surface area contributed by atoms with Crippen LogP contribution in [-0.4, -0.2) is 23.5 Å². The van der Waals surface area contributed by atoms with Gasteiger partial charge < -0.3 is 9.15 Å². The fraction of sp³-hybridized carbons (Fsp3) is 0.250. The molecule has 0 saturated heterocycles. The van der Waals surface area contributed by atoms with E-state index in [1.165, 1.54) is 7.11 Å². The molecule has 1 aromatic heterocycles. The Hall–Kier alpha value is -1.14. The van der Waals surface area contributed by atoms with Crippen molar-refractivity contribution >= 4 is 43.7 Å². The summed E-state index contributed by atoms with van der Waals surface area (Å²) in [6.45, 7) is 0. The smallest absolute Gasteiger partial charge is 0.313 e. The summed E-state index contributed by atoms with van der Waals surface area (Å²) < 4.78 is 22.8. The van der Waals surface area contributed by atoms with E-state index in [4.69, 9.17) is 4.42 Å². The molecule has 0 N–H and O–H groups in total. The lowest BCUT2D eigenvalue weighted by molar-refractivity contribution is -0.140. The number of carbonyl (C=O) groups is 1. The summed E-state index contributed by atoms with van der Waals surface area (Å²) in [5.41, 5.74) is 0.613. The average molecular weight is 331 g/mol. The molecule has 0 aliphatic heterocycles. The lowest BCUT2D eigenvalue weighted by atomic mass is 10.2. The van der Waals surface area contributed by atoms with Gasteiger partial charge >= 0.3 is 5.97 Å². The van der Waals surface area contributed by atoms with Gasteiger partial charge in [-0.3, -0.25) is 9.00 Å². The summed E-state index contributed by atoms with van der Waals surface area (Å²) in [6.07, 6.45) is 1.55. The minimum atomic E-state index is -1.23. The van der Waals surface area contributed by atoms with Crippen LogP contribution in [0.3, 0.4) is 0 Å². The van der Waals surface area contributed by atoms with Gasteiger partial charge in [-0.15, -0.1) is 0 Å². The third-order valence-corrected chi connectivity index (χ3v) is 4.01. The number of methoxy groups -OCH3 is 1. The van der Waals surface area contributed by atoms with Crippen molar-refractivity contribution in [3.8, 4) is 0 Å². The Kier molecular flexibility index (Phi) is 3.87. The van der Waals surface area contributed by atoms with Crippen molar-refractivity contribution in [2.45, 2.75) is 11.3 Å². The molecular weight excluding hydrogens is 320 g/mol.